The predicted molar refractivity (Wildman–Crippen MR) is 103 cm³/mol. The zero-order chi connectivity index (χ0) is 15.2. The van der Waals surface area contributed by atoms with Gasteiger partial charge < -0.3 is 5.32 Å². The van der Waals surface area contributed by atoms with Crippen LogP contribution in [0.3, 0.4) is 0 Å². The molecule has 0 aliphatic carbocycles. The van der Waals surface area contributed by atoms with Crippen LogP contribution < -0.4 is 5.32 Å². The highest BCUT2D eigenvalue weighted by molar-refractivity contribution is 5.85. The Morgan fingerprint density at radius 3 is 2.04 bits per heavy atom. The summed E-state index contributed by atoms with van der Waals surface area (Å²) in [6.45, 7) is 2.81. The highest BCUT2D eigenvalue weighted by atomic mass is 35.5. The van der Waals surface area contributed by atoms with Crippen LogP contribution in [0.15, 0.2) is 60.7 Å². The number of nitriles is 1. The van der Waals surface area contributed by atoms with Crippen LogP contribution in [0.25, 0.3) is 0 Å². The zero-order valence-corrected chi connectivity index (χ0v) is 15.1. The molecule has 1 saturated heterocycles. The minimum Gasteiger partial charge on any atom is -0.314 e. The van der Waals surface area contributed by atoms with E-state index in [9.17, 15) is 0 Å². The van der Waals surface area contributed by atoms with Gasteiger partial charge in [0.1, 0.15) is 0 Å². The lowest BCUT2D eigenvalue weighted by Gasteiger charge is -2.41. The second-order valence-electron chi connectivity index (χ2n) is 5.68. The van der Waals surface area contributed by atoms with Gasteiger partial charge in [-0.25, -0.2) is 0 Å². The number of hydrogen-bond acceptors (Lipinski definition) is 3. The molecule has 1 aliphatic rings. The third-order valence-electron chi connectivity index (χ3n) is 4.28. The summed E-state index contributed by atoms with van der Waals surface area (Å²) in [5.74, 6) is 0. The van der Waals surface area contributed by atoms with E-state index in [1.807, 2.05) is 0 Å². The van der Waals surface area contributed by atoms with E-state index in [1.165, 1.54) is 11.1 Å². The van der Waals surface area contributed by atoms with Crippen molar-refractivity contribution < 1.29 is 0 Å². The molecule has 2 aromatic rings. The topological polar surface area (TPSA) is 39.1 Å². The van der Waals surface area contributed by atoms with E-state index in [2.05, 4.69) is 76.9 Å². The molecule has 1 atom stereocenters. The number of hydrogen-bond donors (Lipinski definition) is 1. The van der Waals surface area contributed by atoms with Gasteiger partial charge in [0, 0.05) is 25.7 Å². The molecule has 3 nitrogen and oxygen atoms in total. The summed E-state index contributed by atoms with van der Waals surface area (Å²) in [7, 11) is 0. The Balaban J connectivity index is 0.00000144. The van der Waals surface area contributed by atoms with E-state index in [4.69, 9.17) is 5.26 Å². The van der Waals surface area contributed by atoms with Crippen LogP contribution in [0.4, 0.5) is 0 Å². The lowest BCUT2D eigenvalue weighted by Crippen LogP contribution is -2.52. The first kappa shape index (κ1) is 20.5. The smallest absolute Gasteiger partial charge is 0.0638 e. The van der Waals surface area contributed by atoms with Crippen LogP contribution in [0.5, 0.6) is 0 Å². The van der Waals surface area contributed by atoms with E-state index < -0.39 is 0 Å². The van der Waals surface area contributed by atoms with E-state index in [0.29, 0.717) is 6.42 Å². The minimum absolute atomic E-state index is 0. The molecule has 1 N–H and O–H groups in total. The molecule has 0 spiro atoms. The van der Waals surface area contributed by atoms with E-state index in [-0.39, 0.29) is 36.9 Å². The molecule has 128 valence electrons. The third-order valence-corrected chi connectivity index (χ3v) is 4.28. The first-order chi connectivity index (χ1) is 10.9. The molecule has 5 heteroatoms. The van der Waals surface area contributed by atoms with Crippen molar-refractivity contribution in [3.8, 4) is 6.07 Å². The molecule has 0 unspecified atom stereocenters. The van der Waals surface area contributed by atoms with E-state index >= 15 is 0 Å². The number of halogens is 2. The lowest BCUT2D eigenvalue weighted by molar-refractivity contribution is 0.127. The van der Waals surface area contributed by atoms with Gasteiger partial charge >= 0.3 is 0 Å². The number of piperazine rings is 1. The fourth-order valence-electron chi connectivity index (χ4n) is 3.26. The Morgan fingerprint density at radius 2 is 1.54 bits per heavy atom. The maximum absolute atomic E-state index is 9.15. The maximum Gasteiger partial charge on any atom is 0.0638 e. The van der Waals surface area contributed by atoms with E-state index in [0.717, 1.165) is 19.6 Å². The van der Waals surface area contributed by atoms with Crippen molar-refractivity contribution >= 4 is 24.8 Å². The van der Waals surface area contributed by atoms with Gasteiger partial charge in [0.25, 0.3) is 0 Å². The Morgan fingerprint density at radius 1 is 1.00 bits per heavy atom. The Labute approximate surface area is 156 Å². The molecule has 24 heavy (non-hydrogen) atoms. The zero-order valence-electron chi connectivity index (χ0n) is 13.5. The standard InChI is InChI=1S/C19H21N3.2ClH/c20-12-11-18-15-21-13-14-22(18)19(16-7-3-1-4-8-16)17-9-5-2-6-10-17;;/h1-10,18-19,21H,11,13-15H2;2*1H/t18-;;/m1../s1. The largest absolute Gasteiger partial charge is 0.314 e. The van der Waals surface area contributed by atoms with Gasteiger partial charge in [0.15, 0.2) is 0 Å². The summed E-state index contributed by atoms with van der Waals surface area (Å²) in [4.78, 5) is 2.48. The van der Waals surface area contributed by atoms with Gasteiger partial charge in [0.05, 0.1) is 18.5 Å². The number of nitrogens with one attached hydrogen (secondary N) is 1. The molecule has 0 aromatic heterocycles. The van der Waals surface area contributed by atoms with Crippen LogP contribution in [0.2, 0.25) is 0 Å². The summed E-state index contributed by atoms with van der Waals surface area (Å²) >= 11 is 0. The maximum atomic E-state index is 9.15. The molecule has 0 amide bonds. The van der Waals surface area contributed by atoms with Gasteiger partial charge in [-0.2, -0.15) is 5.26 Å². The van der Waals surface area contributed by atoms with Gasteiger partial charge in [-0.3, -0.25) is 4.90 Å². The molecule has 0 bridgehead atoms. The highest BCUT2D eigenvalue weighted by Gasteiger charge is 2.30. The lowest BCUT2D eigenvalue weighted by atomic mass is 9.94. The van der Waals surface area contributed by atoms with Crippen molar-refractivity contribution in [3.05, 3.63) is 71.8 Å². The normalized spacial score (nSPS) is 17.4. The average molecular weight is 364 g/mol. The first-order valence-electron chi connectivity index (χ1n) is 7.83. The summed E-state index contributed by atoms with van der Waals surface area (Å²) in [5.41, 5.74) is 2.58. The van der Waals surface area contributed by atoms with E-state index in [1.54, 1.807) is 0 Å². The summed E-state index contributed by atoms with van der Waals surface area (Å²) in [6.07, 6.45) is 0.559. The molecular weight excluding hydrogens is 341 g/mol. The van der Waals surface area contributed by atoms with Crippen molar-refractivity contribution in [2.75, 3.05) is 19.6 Å². The fourth-order valence-corrected chi connectivity index (χ4v) is 3.26. The Bertz CT molecular complexity index is 589. The molecular formula is C19H23Cl2N3. The van der Waals surface area contributed by atoms with Crippen LogP contribution in [-0.4, -0.2) is 30.6 Å². The van der Waals surface area contributed by atoms with Crippen LogP contribution in [0, 0.1) is 11.3 Å². The van der Waals surface area contributed by atoms with Gasteiger partial charge in [-0.05, 0) is 11.1 Å². The molecule has 1 aliphatic heterocycles. The molecule has 0 radical (unpaired) electrons. The first-order valence-corrected chi connectivity index (χ1v) is 7.83. The number of rotatable bonds is 4. The second kappa shape index (κ2) is 10.3. The molecule has 2 aromatic carbocycles. The van der Waals surface area contributed by atoms with Crippen molar-refractivity contribution in [2.24, 2.45) is 0 Å². The van der Waals surface area contributed by atoms with Gasteiger partial charge in [0.2, 0.25) is 0 Å². The van der Waals surface area contributed by atoms with Crippen molar-refractivity contribution in [1.82, 2.24) is 10.2 Å². The van der Waals surface area contributed by atoms with Crippen LogP contribution >= 0.6 is 24.8 Å². The second-order valence-corrected chi connectivity index (χ2v) is 5.68. The number of benzene rings is 2. The molecule has 1 heterocycles. The quantitative estimate of drug-likeness (QED) is 0.897. The predicted octanol–water partition coefficient (Wildman–Crippen LogP) is 3.81. The van der Waals surface area contributed by atoms with Crippen LogP contribution in [-0.2, 0) is 0 Å². The average Bonchev–Trinajstić information content (AvgIpc) is 2.59. The van der Waals surface area contributed by atoms with Gasteiger partial charge in [-0.15, -0.1) is 24.8 Å². The van der Waals surface area contributed by atoms with Gasteiger partial charge in [-0.1, -0.05) is 60.7 Å². The minimum atomic E-state index is 0. The molecule has 1 fully saturated rings. The monoisotopic (exact) mass is 363 g/mol. The van der Waals surface area contributed by atoms with Crippen LogP contribution in [0.1, 0.15) is 23.6 Å². The fraction of sp³-hybridized carbons (Fsp3) is 0.316. The third kappa shape index (κ3) is 4.72. The highest BCUT2D eigenvalue weighted by Crippen LogP contribution is 2.31. The summed E-state index contributed by atoms with van der Waals surface area (Å²) in [5, 5.41) is 12.6. The SMILES string of the molecule is Cl.Cl.N#CC[C@@H]1CNCCN1C(c1ccccc1)c1ccccc1. The summed E-state index contributed by atoms with van der Waals surface area (Å²) in [6, 6.07) is 24.0. The molecule has 0 saturated carbocycles. The Kier molecular flexibility index (Phi) is 8.81. The number of nitrogens with zero attached hydrogens (tertiary/aromatic N) is 2. The molecule has 3 rings (SSSR count). The van der Waals surface area contributed by atoms with Crippen molar-refractivity contribution in [2.45, 2.75) is 18.5 Å². The Hall–Kier alpha value is -1.57. The van der Waals surface area contributed by atoms with Crippen molar-refractivity contribution in [1.29, 1.82) is 5.26 Å². The summed E-state index contributed by atoms with van der Waals surface area (Å²) < 4.78 is 0. The van der Waals surface area contributed by atoms with Crippen molar-refractivity contribution in [3.63, 3.8) is 0 Å².